The molecule has 0 fully saturated rings. The van der Waals surface area contributed by atoms with E-state index in [4.69, 9.17) is 0 Å². The molecule has 0 saturated heterocycles. The highest BCUT2D eigenvalue weighted by Crippen LogP contribution is 2.27. The monoisotopic (exact) mass is 310 g/mol. The predicted octanol–water partition coefficient (Wildman–Crippen LogP) is 2.07. The topological polar surface area (TPSA) is 69.7 Å². The minimum Gasteiger partial charge on any atom is -0.463 e. The molecule has 9 heteroatoms. The number of benzene rings is 1. The number of hydrogen-bond donors (Lipinski definition) is 0. The van der Waals surface area contributed by atoms with Crippen LogP contribution in [0.4, 0.5) is 13.2 Å². The van der Waals surface area contributed by atoms with Crippen LogP contribution in [0.3, 0.4) is 0 Å². The summed E-state index contributed by atoms with van der Waals surface area (Å²) >= 11 is 0. The first-order valence-corrected chi connectivity index (χ1v) is 6.44. The predicted molar refractivity (Wildman–Crippen MR) is 62.5 cm³/mol. The average molecular weight is 310 g/mol. The molecule has 0 aliphatic rings. The average Bonchev–Trinajstić information content (AvgIpc) is 2.36. The maximum Gasteiger partial charge on any atom is 0.534 e. The van der Waals surface area contributed by atoms with Crippen LogP contribution in [0, 0.1) is 0 Å². The zero-order valence-corrected chi connectivity index (χ0v) is 10.9. The Labute approximate surface area is 112 Å². The number of halogens is 3. The van der Waals surface area contributed by atoms with Gasteiger partial charge < -0.3 is 8.92 Å². The van der Waals surface area contributed by atoms with E-state index < -0.39 is 27.4 Å². The molecule has 20 heavy (non-hydrogen) atoms. The van der Waals surface area contributed by atoms with Crippen molar-refractivity contribution in [2.45, 2.75) is 5.51 Å². The molecule has 1 aromatic carbocycles. The second-order valence-electron chi connectivity index (χ2n) is 3.39. The van der Waals surface area contributed by atoms with E-state index in [-0.39, 0.29) is 5.56 Å². The molecule has 110 valence electrons. The molecule has 0 N–H and O–H groups in total. The third-order valence-corrected chi connectivity index (χ3v) is 2.93. The Hall–Kier alpha value is -2.03. The summed E-state index contributed by atoms with van der Waals surface area (Å²) in [4.78, 5) is 11.3. The quantitative estimate of drug-likeness (QED) is 0.280. The van der Waals surface area contributed by atoms with Crippen molar-refractivity contribution in [1.82, 2.24) is 0 Å². The third-order valence-electron chi connectivity index (χ3n) is 1.97. The molecular formula is C11H9F3O5S. The van der Waals surface area contributed by atoms with Crippen molar-refractivity contribution in [3.8, 4) is 0 Å². The van der Waals surface area contributed by atoms with Crippen molar-refractivity contribution >= 4 is 22.2 Å². The molecule has 0 heterocycles. The number of methoxy groups -OCH3 is 1. The van der Waals surface area contributed by atoms with Gasteiger partial charge in [0.1, 0.15) is 0 Å². The Morgan fingerprint density at radius 1 is 1.20 bits per heavy atom. The van der Waals surface area contributed by atoms with Crippen LogP contribution in [-0.4, -0.2) is 27.0 Å². The summed E-state index contributed by atoms with van der Waals surface area (Å²) in [5.41, 5.74) is -5.37. The molecule has 0 aliphatic heterocycles. The maximum absolute atomic E-state index is 12.2. The van der Waals surface area contributed by atoms with E-state index in [2.05, 4.69) is 8.92 Å². The first-order valence-electron chi connectivity index (χ1n) is 5.03. The SMILES string of the molecule is COC(=O)/C(=C\c1ccccc1)OS(=O)(=O)C(F)(F)F. The Kier molecular flexibility index (Phi) is 4.77. The molecule has 0 radical (unpaired) electrons. The van der Waals surface area contributed by atoms with Gasteiger partial charge in [0.25, 0.3) is 0 Å². The highest BCUT2D eigenvalue weighted by Gasteiger charge is 2.49. The summed E-state index contributed by atoms with van der Waals surface area (Å²) in [6.07, 6.45) is 0.828. The lowest BCUT2D eigenvalue weighted by atomic mass is 10.2. The fourth-order valence-corrected chi connectivity index (χ4v) is 1.53. The molecule has 0 spiro atoms. The Bertz CT molecular complexity index is 605. The molecular weight excluding hydrogens is 301 g/mol. The van der Waals surface area contributed by atoms with Crippen LogP contribution in [0.25, 0.3) is 6.08 Å². The Morgan fingerprint density at radius 2 is 1.75 bits per heavy atom. The van der Waals surface area contributed by atoms with Crippen LogP contribution in [0.15, 0.2) is 36.1 Å². The van der Waals surface area contributed by atoms with Gasteiger partial charge in [0.2, 0.25) is 5.76 Å². The summed E-state index contributed by atoms with van der Waals surface area (Å²) in [5.74, 6) is -2.43. The molecule has 0 unspecified atom stereocenters. The minimum atomic E-state index is -5.94. The van der Waals surface area contributed by atoms with Crippen LogP contribution < -0.4 is 0 Å². The fraction of sp³-hybridized carbons (Fsp3) is 0.182. The Morgan fingerprint density at radius 3 is 2.20 bits per heavy atom. The largest absolute Gasteiger partial charge is 0.534 e. The van der Waals surface area contributed by atoms with E-state index in [0.717, 1.165) is 13.2 Å². The zero-order valence-electron chi connectivity index (χ0n) is 10.0. The van der Waals surface area contributed by atoms with Crippen LogP contribution >= 0.6 is 0 Å². The lowest BCUT2D eigenvalue weighted by molar-refractivity contribution is -0.138. The van der Waals surface area contributed by atoms with Crippen LogP contribution in [-0.2, 0) is 23.8 Å². The first kappa shape index (κ1) is 16.0. The number of ether oxygens (including phenoxy) is 1. The van der Waals surface area contributed by atoms with Crippen molar-refractivity contribution in [3.63, 3.8) is 0 Å². The smallest absolute Gasteiger partial charge is 0.463 e. The minimum absolute atomic E-state index is 0.269. The van der Waals surface area contributed by atoms with Gasteiger partial charge in [-0.05, 0) is 11.6 Å². The van der Waals surface area contributed by atoms with Gasteiger partial charge in [0, 0.05) is 0 Å². The summed E-state index contributed by atoms with van der Waals surface area (Å²) in [5, 5.41) is 0. The number of hydrogen-bond acceptors (Lipinski definition) is 5. The molecule has 5 nitrogen and oxygen atoms in total. The fourth-order valence-electron chi connectivity index (χ4n) is 1.08. The van der Waals surface area contributed by atoms with E-state index in [1.165, 1.54) is 12.1 Å². The third kappa shape index (κ3) is 3.98. The molecule has 1 aromatic rings. The molecule has 0 bridgehead atoms. The molecule has 0 saturated carbocycles. The molecule has 0 aromatic heterocycles. The molecule has 0 aliphatic carbocycles. The normalized spacial score (nSPS) is 12.9. The lowest BCUT2D eigenvalue weighted by Crippen LogP contribution is -2.27. The van der Waals surface area contributed by atoms with Crippen LogP contribution in [0.1, 0.15) is 5.56 Å². The van der Waals surface area contributed by atoms with Gasteiger partial charge in [-0.3, -0.25) is 0 Å². The number of esters is 1. The van der Waals surface area contributed by atoms with Gasteiger partial charge in [-0.25, -0.2) is 4.79 Å². The van der Waals surface area contributed by atoms with Gasteiger partial charge >= 0.3 is 21.6 Å². The van der Waals surface area contributed by atoms with Crippen molar-refractivity contribution < 1.29 is 35.3 Å². The zero-order chi connectivity index (χ0) is 15.4. The van der Waals surface area contributed by atoms with Crippen LogP contribution in [0.5, 0.6) is 0 Å². The maximum atomic E-state index is 12.2. The van der Waals surface area contributed by atoms with Gasteiger partial charge in [-0.2, -0.15) is 21.6 Å². The van der Waals surface area contributed by atoms with Crippen molar-refractivity contribution in [2.75, 3.05) is 7.11 Å². The van der Waals surface area contributed by atoms with Crippen LogP contribution in [0.2, 0.25) is 0 Å². The first-order chi connectivity index (χ1) is 9.17. The van der Waals surface area contributed by atoms with E-state index in [1.54, 1.807) is 18.2 Å². The lowest BCUT2D eigenvalue weighted by Gasteiger charge is -2.10. The van der Waals surface area contributed by atoms with E-state index >= 15 is 0 Å². The standard InChI is InChI=1S/C11H9F3O5S/c1-18-10(15)9(7-8-5-3-2-4-6-8)19-20(16,17)11(12,13)14/h2-7H,1H3/b9-7+. The molecule has 0 atom stereocenters. The van der Waals surface area contributed by atoms with Gasteiger partial charge in [0.15, 0.2) is 0 Å². The summed E-state index contributed by atoms with van der Waals surface area (Å²) in [6, 6.07) is 7.58. The second-order valence-corrected chi connectivity index (χ2v) is 4.93. The summed E-state index contributed by atoms with van der Waals surface area (Å²) in [7, 11) is -5.06. The number of alkyl halides is 3. The second kappa shape index (κ2) is 5.95. The van der Waals surface area contributed by atoms with Crippen molar-refractivity contribution in [2.24, 2.45) is 0 Å². The van der Waals surface area contributed by atoms with Gasteiger partial charge in [0.05, 0.1) is 7.11 Å². The van der Waals surface area contributed by atoms with Gasteiger partial charge in [-0.15, -0.1) is 0 Å². The summed E-state index contributed by atoms with van der Waals surface area (Å²) in [6.45, 7) is 0. The van der Waals surface area contributed by atoms with Crippen molar-refractivity contribution in [1.29, 1.82) is 0 Å². The number of carbonyl (C=O) groups excluding carboxylic acids is 1. The van der Waals surface area contributed by atoms with E-state index in [1.807, 2.05) is 0 Å². The highest BCUT2D eigenvalue weighted by molar-refractivity contribution is 7.87. The van der Waals surface area contributed by atoms with Gasteiger partial charge in [-0.1, -0.05) is 30.3 Å². The Balaban J connectivity index is 3.17. The van der Waals surface area contributed by atoms with E-state index in [9.17, 15) is 26.4 Å². The van der Waals surface area contributed by atoms with E-state index in [0.29, 0.717) is 0 Å². The molecule has 0 amide bonds. The molecule has 1 rings (SSSR count). The number of carbonyl (C=O) groups is 1. The van der Waals surface area contributed by atoms with Crippen molar-refractivity contribution in [3.05, 3.63) is 41.7 Å². The number of rotatable bonds is 4. The highest BCUT2D eigenvalue weighted by atomic mass is 32.2. The summed E-state index contributed by atoms with van der Waals surface area (Å²) < 4.78 is 66.3.